The summed E-state index contributed by atoms with van der Waals surface area (Å²) >= 11 is 0. The molecule has 0 spiro atoms. The minimum Gasteiger partial charge on any atom is -0.497 e. The number of nitrogens with one attached hydrogen (secondary N) is 1. The first-order chi connectivity index (χ1) is 15.7. The van der Waals surface area contributed by atoms with E-state index in [1.54, 1.807) is 7.11 Å². The van der Waals surface area contributed by atoms with Gasteiger partial charge in [0.05, 0.1) is 18.5 Å². The summed E-state index contributed by atoms with van der Waals surface area (Å²) in [4.78, 5) is 11.9. The second-order valence-electron chi connectivity index (χ2n) is 8.35. The van der Waals surface area contributed by atoms with Crippen LogP contribution in [0, 0.1) is 6.92 Å². The largest absolute Gasteiger partial charge is 0.497 e. The van der Waals surface area contributed by atoms with Crippen molar-refractivity contribution >= 4 is 5.65 Å². The minimum atomic E-state index is 0.855. The zero-order valence-corrected chi connectivity index (χ0v) is 18.7. The Balaban J connectivity index is 1.62. The fourth-order valence-electron chi connectivity index (χ4n) is 4.39. The smallest absolute Gasteiger partial charge is 0.137 e. The maximum atomic E-state index is 5.36. The number of benzene rings is 1. The topological polar surface area (TPSA) is 54.7 Å². The summed E-state index contributed by atoms with van der Waals surface area (Å²) in [5.74, 6) is 0.855. The highest BCUT2D eigenvalue weighted by atomic mass is 16.5. The third-order valence-corrected chi connectivity index (χ3v) is 6.12. The van der Waals surface area contributed by atoms with Gasteiger partial charge in [-0.15, -0.1) is 0 Å². The highest BCUT2D eigenvalue weighted by Gasteiger charge is 2.19. The monoisotopic (exact) mass is 427 g/mol. The average molecular weight is 428 g/mol. The van der Waals surface area contributed by atoms with Crippen LogP contribution in [0.25, 0.3) is 28.0 Å². The van der Waals surface area contributed by atoms with Crippen LogP contribution in [0.2, 0.25) is 0 Å². The summed E-state index contributed by atoms with van der Waals surface area (Å²) < 4.78 is 7.62. The van der Waals surface area contributed by atoms with Crippen LogP contribution in [0.1, 0.15) is 17.8 Å². The number of imidazole rings is 1. The molecule has 1 saturated heterocycles. The van der Waals surface area contributed by atoms with Crippen molar-refractivity contribution in [3.8, 4) is 28.1 Å². The highest BCUT2D eigenvalue weighted by Crippen LogP contribution is 2.29. The standard InChI is InChI=1S/C26H29N5O/c1-19-16-21(10-12-28-19)22-6-9-25-29-26(20-4-7-23(32-2)8-5-20)24(31(25)17-22)18-30-14-3-11-27-13-15-30/h4-10,12,16-17,27H,3,11,13-15,18H2,1-2H3. The molecule has 4 aromatic rings. The fraction of sp³-hybridized carbons (Fsp3) is 0.308. The first-order valence-corrected chi connectivity index (χ1v) is 11.2. The molecule has 1 aliphatic heterocycles. The van der Waals surface area contributed by atoms with Gasteiger partial charge < -0.3 is 14.5 Å². The van der Waals surface area contributed by atoms with Gasteiger partial charge >= 0.3 is 0 Å². The molecule has 4 heterocycles. The van der Waals surface area contributed by atoms with Crippen LogP contribution in [0.3, 0.4) is 0 Å². The molecule has 1 fully saturated rings. The van der Waals surface area contributed by atoms with E-state index in [2.05, 4.69) is 62.2 Å². The SMILES string of the molecule is COc1ccc(-c2nc3ccc(-c4ccnc(C)c4)cn3c2CN2CCCNCC2)cc1. The Morgan fingerprint density at radius 3 is 2.62 bits per heavy atom. The molecule has 0 bridgehead atoms. The molecule has 0 atom stereocenters. The first kappa shape index (κ1) is 20.7. The zero-order chi connectivity index (χ0) is 21.9. The lowest BCUT2D eigenvalue weighted by Crippen LogP contribution is -2.28. The highest BCUT2D eigenvalue weighted by molar-refractivity contribution is 5.70. The van der Waals surface area contributed by atoms with Crippen LogP contribution in [0.4, 0.5) is 0 Å². The Hall–Kier alpha value is -3.22. The third kappa shape index (κ3) is 4.24. The summed E-state index contributed by atoms with van der Waals surface area (Å²) in [6.45, 7) is 7.13. The summed E-state index contributed by atoms with van der Waals surface area (Å²) in [5, 5.41) is 3.50. The second kappa shape index (κ2) is 9.10. The van der Waals surface area contributed by atoms with Crippen molar-refractivity contribution in [2.24, 2.45) is 0 Å². The van der Waals surface area contributed by atoms with Crippen molar-refractivity contribution in [1.82, 2.24) is 24.6 Å². The number of rotatable bonds is 5. The van der Waals surface area contributed by atoms with Crippen molar-refractivity contribution in [1.29, 1.82) is 0 Å². The van der Waals surface area contributed by atoms with Crippen molar-refractivity contribution in [2.45, 2.75) is 19.9 Å². The molecule has 0 amide bonds. The van der Waals surface area contributed by atoms with E-state index in [9.17, 15) is 0 Å². The lowest BCUT2D eigenvalue weighted by atomic mass is 10.1. The molecule has 1 aromatic carbocycles. The van der Waals surface area contributed by atoms with Gasteiger partial charge in [-0.05, 0) is 86.1 Å². The molecule has 6 nitrogen and oxygen atoms in total. The summed E-state index contributed by atoms with van der Waals surface area (Å²) in [7, 11) is 1.70. The van der Waals surface area contributed by atoms with E-state index in [1.807, 2.05) is 25.3 Å². The third-order valence-electron chi connectivity index (χ3n) is 6.12. The number of aromatic nitrogens is 3. The Morgan fingerprint density at radius 1 is 0.969 bits per heavy atom. The van der Waals surface area contributed by atoms with Crippen LogP contribution in [0.5, 0.6) is 5.75 Å². The van der Waals surface area contributed by atoms with E-state index in [-0.39, 0.29) is 0 Å². The Kier molecular flexibility index (Phi) is 5.88. The molecular weight excluding hydrogens is 398 g/mol. The predicted octanol–water partition coefficient (Wildman–Crippen LogP) is 4.18. The van der Waals surface area contributed by atoms with Crippen molar-refractivity contribution in [3.63, 3.8) is 0 Å². The molecule has 6 heteroatoms. The van der Waals surface area contributed by atoms with Crippen molar-refractivity contribution in [3.05, 3.63) is 72.3 Å². The van der Waals surface area contributed by atoms with Gasteiger partial charge in [0.2, 0.25) is 0 Å². The van der Waals surface area contributed by atoms with Crippen molar-refractivity contribution < 1.29 is 4.74 Å². The Labute approximate surface area is 188 Å². The van der Waals surface area contributed by atoms with Crippen molar-refractivity contribution in [2.75, 3.05) is 33.3 Å². The molecule has 164 valence electrons. The number of ether oxygens (including phenoxy) is 1. The van der Waals surface area contributed by atoms with E-state index in [1.165, 1.54) is 16.8 Å². The van der Waals surface area contributed by atoms with E-state index in [0.717, 1.165) is 67.5 Å². The van der Waals surface area contributed by atoms with Gasteiger partial charge in [0.1, 0.15) is 11.4 Å². The fourth-order valence-corrected chi connectivity index (χ4v) is 4.39. The van der Waals surface area contributed by atoms with Gasteiger partial charge in [-0.25, -0.2) is 4.98 Å². The molecule has 0 saturated carbocycles. The van der Waals surface area contributed by atoms with E-state index in [0.29, 0.717) is 0 Å². The van der Waals surface area contributed by atoms with Crippen LogP contribution >= 0.6 is 0 Å². The summed E-state index contributed by atoms with van der Waals surface area (Å²) in [6.07, 6.45) is 5.25. The average Bonchev–Trinajstić information content (AvgIpc) is 2.98. The van der Waals surface area contributed by atoms with Crippen LogP contribution in [-0.4, -0.2) is 52.6 Å². The second-order valence-corrected chi connectivity index (χ2v) is 8.35. The van der Waals surface area contributed by atoms with Gasteiger partial charge in [-0.3, -0.25) is 9.88 Å². The van der Waals surface area contributed by atoms with E-state index in [4.69, 9.17) is 9.72 Å². The minimum absolute atomic E-state index is 0.855. The zero-order valence-electron chi connectivity index (χ0n) is 18.7. The molecular formula is C26H29N5O. The number of hydrogen-bond donors (Lipinski definition) is 1. The summed E-state index contributed by atoms with van der Waals surface area (Å²) in [6, 6.07) is 16.7. The van der Waals surface area contributed by atoms with Crippen LogP contribution in [-0.2, 0) is 6.54 Å². The summed E-state index contributed by atoms with van der Waals surface area (Å²) in [5.41, 5.74) is 7.69. The molecule has 3 aromatic heterocycles. The molecule has 1 aliphatic rings. The quantitative estimate of drug-likeness (QED) is 0.518. The molecule has 0 aliphatic carbocycles. The van der Waals surface area contributed by atoms with E-state index < -0.39 is 0 Å². The lowest BCUT2D eigenvalue weighted by molar-refractivity contribution is 0.281. The predicted molar refractivity (Wildman–Crippen MR) is 128 cm³/mol. The van der Waals surface area contributed by atoms with Gasteiger partial charge in [0.15, 0.2) is 0 Å². The molecule has 5 rings (SSSR count). The number of pyridine rings is 2. The molecule has 32 heavy (non-hydrogen) atoms. The van der Waals surface area contributed by atoms with Crippen LogP contribution < -0.4 is 10.1 Å². The maximum Gasteiger partial charge on any atom is 0.137 e. The number of fused-ring (bicyclic) bond motifs is 1. The lowest BCUT2D eigenvalue weighted by Gasteiger charge is -2.20. The molecule has 0 radical (unpaired) electrons. The molecule has 1 N–H and O–H groups in total. The maximum absolute atomic E-state index is 5.36. The molecule has 0 unspecified atom stereocenters. The van der Waals surface area contributed by atoms with Gasteiger partial charge in [-0.2, -0.15) is 0 Å². The van der Waals surface area contributed by atoms with Gasteiger partial charge in [0, 0.05) is 43.3 Å². The van der Waals surface area contributed by atoms with Crippen LogP contribution in [0.15, 0.2) is 60.9 Å². The Bertz CT molecular complexity index is 1210. The number of hydrogen-bond acceptors (Lipinski definition) is 5. The van der Waals surface area contributed by atoms with Gasteiger partial charge in [0.25, 0.3) is 0 Å². The Morgan fingerprint density at radius 2 is 1.81 bits per heavy atom. The van der Waals surface area contributed by atoms with Gasteiger partial charge in [-0.1, -0.05) is 0 Å². The number of methoxy groups -OCH3 is 1. The van der Waals surface area contributed by atoms with E-state index >= 15 is 0 Å². The normalized spacial score (nSPS) is 15.1. The number of nitrogens with zero attached hydrogens (tertiary/aromatic N) is 4. The number of aryl methyl sites for hydroxylation is 1. The first-order valence-electron chi connectivity index (χ1n) is 11.2.